The summed E-state index contributed by atoms with van der Waals surface area (Å²) in [7, 11) is 0. The van der Waals surface area contributed by atoms with E-state index in [-0.39, 0.29) is 6.29 Å². The normalized spacial score (nSPS) is 20.8. The Morgan fingerprint density at radius 1 is 1.36 bits per heavy atom. The van der Waals surface area contributed by atoms with Gasteiger partial charge in [0.05, 0.1) is 18.4 Å². The Balaban J connectivity index is 1.62. The molecule has 0 saturated carbocycles. The van der Waals surface area contributed by atoms with Gasteiger partial charge in [0.1, 0.15) is 0 Å². The van der Waals surface area contributed by atoms with Gasteiger partial charge in [-0.25, -0.2) is 0 Å². The summed E-state index contributed by atoms with van der Waals surface area (Å²) in [6.45, 7) is 7.98. The highest BCUT2D eigenvalue weighted by Gasteiger charge is 2.15. The van der Waals surface area contributed by atoms with Crippen LogP contribution < -0.4 is 0 Å². The molecular weight excluding hydrogens is 350 g/mol. The van der Waals surface area contributed by atoms with E-state index < -0.39 is 6.10 Å². The predicted octanol–water partition coefficient (Wildman–Crippen LogP) is 5.53. The molecule has 0 aliphatic carbocycles. The predicted molar refractivity (Wildman–Crippen MR) is 115 cm³/mol. The molecule has 1 aromatic rings. The second kappa shape index (κ2) is 12.9. The number of rotatable bonds is 11. The van der Waals surface area contributed by atoms with Gasteiger partial charge in [-0.3, -0.25) is 4.98 Å². The molecule has 0 spiro atoms. The fourth-order valence-electron chi connectivity index (χ4n) is 3.32. The van der Waals surface area contributed by atoms with Gasteiger partial charge in [0.25, 0.3) is 0 Å². The van der Waals surface area contributed by atoms with Crippen LogP contribution in [0.15, 0.2) is 41.6 Å². The molecular formula is C24H37NO3. The first-order chi connectivity index (χ1) is 13.5. The number of aromatic nitrogens is 1. The zero-order chi connectivity index (χ0) is 20.2. The first-order valence-corrected chi connectivity index (χ1v) is 10.7. The number of pyridine rings is 1. The highest BCUT2D eigenvalue weighted by atomic mass is 16.7. The fourth-order valence-corrected chi connectivity index (χ4v) is 3.32. The minimum absolute atomic E-state index is 0.0155. The Hall–Kier alpha value is -1.49. The van der Waals surface area contributed by atoms with Crippen LogP contribution in [0.1, 0.15) is 71.4 Å². The van der Waals surface area contributed by atoms with E-state index in [0.717, 1.165) is 56.6 Å². The highest BCUT2D eigenvalue weighted by molar-refractivity contribution is 5.49. The lowest BCUT2D eigenvalue weighted by atomic mass is 10.0. The zero-order valence-electron chi connectivity index (χ0n) is 17.8. The van der Waals surface area contributed by atoms with E-state index in [1.165, 1.54) is 12.0 Å². The number of ether oxygens (including phenoxy) is 2. The summed E-state index contributed by atoms with van der Waals surface area (Å²) >= 11 is 0. The Labute approximate surface area is 170 Å². The second-order valence-corrected chi connectivity index (χ2v) is 8.07. The molecule has 1 saturated heterocycles. The van der Waals surface area contributed by atoms with Crippen molar-refractivity contribution >= 4 is 6.08 Å². The standard InChI is InChI=1S/C24H37NO3/c1-19(9-8-10-20(2)18-28-24-12-5-7-16-27-24)13-14-23(26)21(3)17-22-11-4-6-15-25-22/h4,6,11,13,15,17,20,23-24,26H,5,7-10,12,14,16,18H2,1-3H3/t20-,23-,24?/m0/s1. The van der Waals surface area contributed by atoms with Crippen molar-refractivity contribution in [3.63, 3.8) is 0 Å². The van der Waals surface area contributed by atoms with Crippen molar-refractivity contribution in [1.29, 1.82) is 0 Å². The Morgan fingerprint density at radius 2 is 2.21 bits per heavy atom. The number of nitrogens with zero attached hydrogens (tertiary/aromatic N) is 1. The Kier molecular flexibility index (Phi) is 10.5. The van der Waals surface area contributed by atoms with Gasteiger partial charge in [0.2, 0.25) is 0 Å². The van der Waals surface area contributed by atoms with E-state index in [1.807, 2.05) is 31.2 Å². The van der Waals surface area contributed by atoms with Gasteiger partial charge in [0, 0.05) is 12.8 Å². The van der Waals surface area contributed by atoms with E-state index in [4.69, 9.17) is 9.47 Å². The van der Waals surface area contributed by atoms with Gasteiger partial charge < -0.3 is 14.6 Å². The van der Waals surface area contributed by atoms with E-state index >= 15 is 0 Å². The molecule has 4 nitrogen and oxygen atoms in total. The van der Waals surface area contributed by atoms with Crippen molar-refractivity contribution in [2.45, 2.75) is 78.1 Å². The monoisotopic (exact) mass is 387 g/mol. The summed E-state index contributed by atoms with van der Waals surface area (Å²) in [6.07, 6.45) is 12.9. The first kappa shape index (κ1) is 22.8. The summed E-state index contributed by atoms with van der Waals surface area (Å²) in [5, 5.41) is 10.4. The molecule has 4 heteroatoms. The molecule has 1 aliphatic heterocycles. The maximum Gasteiger partial charge on any atom is 0.157 e. The van der Waals surface area contributed by atoms with Gasteiger partial charge >= 0.3 is 0 Å². The molecule has 1 unspecified atom stereocenters. The molecule has 1 aliphatic rings. The summed E-state index contributed by atoms with van der Waals surface area (Å²) in [6, 6.07) is 5.80. The van der Waals surface area contributed by atoms with Crippen molar-refractivity contribution in [3.8, 4) is 0 Å². The van der Waals surface area contributed by atoms with Gasteiger partial charge in [-0.05, 0) is 88.5 Å². The molecule has 1 aromatic heterocycles. The van der Waals surface area contributed by atoms with Crippen LogP contribution in [0.3, 0.4) is 0 Å². The number of hydrogen-bond donors (Lipinski definition) is 1. The lowest BCUT2D eigenvalue weighted by Gasteiger charge is -2.24. The van der Waals surface area contributed by atoms with Crippen molar-refractivity contribution in [2.75, 3.05) is 13.2 Å². The number of allylic oxidation sites excluding steroid dienone is 1. The van der Waals surface area contributed by atoms with Crippen LogP contribution in [0.5, 0.6) is 0 Å². The zero-order valence-corrected chi connectivity index (χ0v) is 17.8. The van der Waals surface area contributed by atoms with Crippen LogP contribution in [0.4, 0.5) is 0 Å². The van der Waals surface area contributed by atoms with Crippen molar-refractivity contribution in [1.82, 2.24) is 4.98 Å². The van der Waals surface area contributed by atoms with E-state index in [1.54, 1.807) is 6.20 Å². The molecule has 1 fully saturated rings. The molecule has 2 heterocycles. The topological polar surface area (TPSA) is 51.6 Å². The van der Waals surface area contributed by atoms with Crippen LogP contribution in [0.2, 0.25) is 0 Å². The molecule has 0 amide bonds. The molecule has 1 N–H and O–H groups in total. The summed E-state index contributed by atoms with van der Waals surface area (Å²) in [4.78, 5) is 4.28. The fraction of sp³-hybridized carbons (Fsp3) is 0.625. The van der Waals surface area contributed by atoms with Crippen molar-refractivity contribution in [3.05, 3.63) is 47.3 Å². The van der Waals surface area contributed by atoms with Gasteiger partial charge in [0.15, 0.2) is 6.29 Å². The molecule has 2 rings (SSSR count). The van der Waals surface area contributed by atoms with Crippen LogP contribution in [0.25, 0.3) is 6.08 Å². The third-order valence-electron chi connectivity index (χ3n) is 5.25. The molecule has 3 atom stereocenters. The molecule has 0 bridgehead atoms. The summed E-state index contributed by atoms with van der Waals surface area (Å²) in [5.41, 5.74) is 3.17. The SMILES string of the molecule is CC(=CC[C@H](O)C(C)=Cc1ccccn1)CCC[C@H](C)COC1CCCCO1. The second-order valence-electron chi connectivity index (χ2n) is 8.07. The maximum atomic E-state index is 10.4. The van der Waals surface area contributed by atoms with Gasteiger partial charge in [-0.15, -0.1) is 0 Å². The molecule has 28 heavy (non-hydrogen) atoms. The molecule has 0 radical (unpaired) electrons. The smallest absolute Gasteiger partial charge is 0.157 e. The van der Waals surface area contributed by atoms with Crippen LogP contribution in [-0.2, 0) is 9.47 Å². The minimum atomic E-state index is -0.459. The van der Waals surface area contributed by atoms with Crippen LogP contribution in [-0.4, -0.2) is 35.7 Å². The van der Waals surface area contributed by atoms with Crippen molar-refractivity contribution in [2.24, 2.45) is 5.92 Å². The lowest BCUT2D eigenvalue weighted by Crippen LogP contribution is -2.24. The van der Waals surface area contributed by atoms with E-state index in [9.17, 15) is 5.11 Å². The average molecular weight is 388 g/mol. The number of aliphatic hydroxyl groups is 1. The number of aliphatic hydroxyl groups excluding tert-OH is 1. The van der Waals surface area contributed by atoms with Gasteiger partial charge in [-0.1, -0.05) is 24.6 Å². The third kappa shape index (κ3) is 9.13. The summed E-state index contributed by atoms with van der Waals surface area (Å²) in [5.74, 6) is 0.549. The lowest BCUT2D eigenvalue weighted by molar-refractivity contribution is -0.168. The minimum Gasteiger partial charge on any atom is -0.388 e. The molecule has 156 valence electrons. The summed E-state index contributed by atoms with van der Waals surface area (Å²) < 4.78 is 11.5. The van der Waals surface area contributed by atoms with Crippen molar-refractivity contribution < 1.29 is 14.6 Å². The first-order valence-electron chi connectivity index (χ1n) is 10.7. The van der Waals surface area contributed by atoms with E-state index in [2.05, 4.69) is 24.9 Å². The average Bonchev–Trinajstić information content (AvgIpc) is 2.72. The molecule has 0 aromatic carbocycles. The third-order valence-corrected chi connectivity index (χ3v) is 5.25. The largest absolute Gasteiger partial charge is 0.388 e. The highest BCUT2D eigenvalue weighted by Crippen LogP contribution is 2.18. The quantitative estimate of drug-likeness (QED) is 0.507. The van der Waals surface area contributed by atoms with E-state index in [0.29, 0.717) is 12.3 Å². The number of hydrogen-bond acceptors (Lipinski definition) is 4. The maximum absolute atomic E-state index is 10.4. The van der Waals surface area contributed by atoms with Gasteiger partial charge in [-0.2, -0.15) is 0 Å². The van der Waals surface area contributed by atoms with Crippen LogP contribution in [0, 0.1) is 5.92 Å². The van der Waals surface area contributed by atoms with Crippen LogP contribution >= 0.6 is 0 Å². The Morgan fingerprint density at radius 3 is 2.93 bits per heavy atom. The Bertz CT molecular complexity index is 606.